The van der Waals surface area contributed by atoms with E-state index in [9.17, 15) is 14.3 Å². The molecular weight excluding hydrogens is 369 g/mol. The summed E-state index contributed by atoms with van der Waals surface area (Å²) in [5.41, 5.74) is -0.0734. The van der Waals surface area contributed by atoms with E-state index in [-0.39, 0.29) is 22.5 Å². The lowest BCUT2D eigenvalue weighted by Gasteiger charge is -2.30. The molecule has 0 spiro atoms. The topological polar surface area (TPSA) is 60.0 Å². The lowest BCUT2D eigenvalue weighted by atomic mass is 9.84. The SMILES string of the molecule is Cn1nc2c(=O)n(C3CC3)ccc2c1[C@](O)(c1ccc(F)c(Cl)c1)C1CC1. The third-order valence-corrected chi connectivity index (χ3v) is 6.04. The van der Waals surface area contributed by atoms with Crippen molar-refractivity contribution in [3.05, 3.63) is 62.9 Å². The van der Waals surface area contributed by atoms with Crippen molar-refractivity contribution in [1.82, 2.24) is 14.3 Å². The van der Waals surface area contributed by atoms with Gasteiger partial charge in [-0.1, -0.05) is 17.7 Å². The van der Waals surface area contributed by atoms with Gasteiger partial charge in [-0.15, -0.1) is 0 Å². The largest absolute Gasteiger partial charge is 0.378 e. The smallest absolute Gasteiger partial charge is 0.279 e. The minimum Gasteiger partial charge on any atom is -0.378 e. The maximum atomic E-state index is 13.7. The second kappa shape index (κ2) is 5.66. The summed E-state index contributed by atoms with van der Waals surface area (Å²) in [6.45, 7) is 0. The molecule has 5 nitrogen and oxygen atoms in total. The zero-order valence-corrected chi connectivity index (χ0v) is 15.6. The Kier molecular flexibility index (Phi) is 3.55. The fourth-order valence-electron chi connectivity index (χ4n) is 4.09. The Bertz CT molecular complexity index is 1130. The summed E-state index contributed by atoms with van der Waals surface area (Å²) in [6, 6.07) is 6.41. The van der Waals surface area contributed by atoms with Crippen LogP contribution in [-0.4, -0.2) is 19.5 Å². The molecule has 27 heavy (non-hydrogen) atoms. The van der Waals surface area contributed by atoms with Crippen molar-refractivity contribution in [3.63, 3.8) is 0 Å². The van der Waals surface area contributed by atoms with Gasteiger partial charge in [-0.25, -0.2) is 4.39 Å². The van der Waals surface area contributed by atoms with Crippen LogP contribution in [0.5, 0.6) is 0 Å². The van der Waals surface area contributed by atoms with Crippen molar-refractivity contribution in [3.8, 4) is 0 Å². The van der Waals surface area contributed by atoms with Crippen molar-refractivity contribution in [2.75, 3.05) is 0 Å². The van der Waals surface area contributed by atoms with Crippen molar-refractivity contribution < 1.29 is 9.50 Å². The first-order valence-electron chi connectivity index (χ1n) is 9.17. The average Bonchev–Trinajstić information content (AvgIpc) is 3.53. The summed E-state index contributed by atoms with van der Waals surface area (Å²) < 4.78 is 17.0. The Labute approximate surface area is 160 Å². The van der Waals surface area contributed by atoms with Gasteiger partial charge in [-0.2, -0.15) is 5.10 Å². The van der Waals surface area contributed by atoms with Crippen molar-refractivity contribution in [1.29, 1.82) is 0 Å². The van der Waals surface area contributed by atoms with E-state index < -0.39 is 11.4 Å². The second-order valence-electron chi connectivity index (χ2n) is 7.66. The molecule has 1 N–H and O–H groups in total. The summed E-state index contributed by atoms with van der Waals surface area (Å²) >= 11 is 5.99. The Hall–Kier alpha value is -2.18. The summed E-state index contributed by atoms with van der Waals surface area (Å²) in [5.74, 6) is -0.552. The number of fused-ring (bicyclic) bond motifs is 1. The molecule has 0 unspecified atom stereocenters. The number of halogens is 2. The van der Waals surface area contributed by atoms with Gasteiger partial charge >= 0.3 is 0 Å². The third-order valence-electron chi connectivity index (χ3n) is 5.75. The molecule has 1 atom stereocenters. The molecule has 2 aliphatic carbocycles. The van der Waals surface area contributed by atoms with Crippen molar-refractivity contribution >= 4 is 22.5 Å². The molecule has 0 radical (unpaired) electrons. The van der Waals surface area contributed by atoms with Crippen LogP contribution < -0.4 is 5.56 Å². The van der Waals surface area contributed by atoms with E-state index >= 15 is 0 Å². The highest BCUT2D eigenvalue weighted by atomic mass is 35.5. The minimum absolute atomic E-state index is 0.0245. The predicted molar refractivity (Wildman–Crippen MR) is 100 cm³/mol. The maximum absolute atomic E-state index is 13.7. The van der Waals surface area contributed by atoms with Crippen molar-refractivity contribution in [2.45, 2.75) is 37.3 Å². The Morgan fingerprint density at radius 1 is 1.26 bits per heavy atom. The van der Waals surface area contributed by atoms with E-state index in [2.05, 4.69) is 5.10 Å². The Morgan fingerprint density at radius 3 is 2.63 bits per heavy atom. The molecular formula is C20H19ClFN3O2. The quantitative estimate of drug-likeness (QED) is 0.745. The van der Waals surface area contributed by atoms with Gasteiger partial charge in [0.25, 0.3) is 5.56 Å². The monoisotopic (exact) mass is 387 g/mol. The second-order valence-corrected chi connectivity index (χ2v) is 8.07. The normalized spacial score (nSPS) is 19.4. The predicted octanol–water partition coefficient (Wildman–Crippen LogP) is 3.51. The number of aromatic nitrogens is 3. The van der Waals surface area contributed by atoms with Crippen LogP contribution >= 0.6 is 11.6 Å². The average molecular weight is 388 g/mol. The number of aryl methyl sites for hydroxylation is 1. The molecule has 2 saturated carbocycles. The van der Waals surface area contributed by atoms with Gasteiger partial charge in [0.15, 0.2) is 5.52 Å². The molecule has 7 heteroatoms. The molecule has 3 aromatic rings. The number of rotatable bonds is 4. The van der Waals surface area contributed by atoms with Crippen LogP contribution in [0.4, 0.5) is 4.39 Å². The summed E-state index contributed by atoms with van der Waals surface area (Å²) in [7, 11) is 1.73. The highest BCUT2D eigenvalue weighted by molar-refractivity contribution is 6.30. The number of nitrogens with zero attached hydrogens (tertiary/aromatic N) is 3. The number of aliphatic hydroxyl groups is 1. The van der Waals surface area contributed by atoms with E-state index in [1.807, 2.05) is 6.07 Å². The van der Waals surface area contributed by atoms with E-state index in [1.165, 1.54) is 12.1 Å². The van der Waals surface area contributed by atoms with E-state index in [0.717, 1.165) is 25.7 Å². The highest BCUT2D eigenvalue weighted by Crippen LogP contribution is 2.51. The van der Waals surface area contributed by atoms with Gasteiger partial charge < -0.3 is 9.67 Å². The summed E-state index contributed by atoms with van der Waals surface area (Å²) in [4.78, 5) is 12.9. The van der Waals surface area contributed by atoms with Gasteiger partial charge in [-0.3, -0.25) is 9.48 Å². The molecule has 2 fully saturated rings. The molecule has 5 rings (SSSR count). The lowest BCUT2D eigenvalue weighted by molar-refractivity contribution is 0.0494. The fraction of sp³-hybridized carbons (Fsp3) is 0.400. The summed E-state index contributed by atoms with van der Waals surface area (Å²) in [5, 5.41) is 16.8. The first kappa shape index (κ1) is 17.0. The van der Waals surface area contributed by atoms with Crippen LogP contribution in [0.25, 0.3) is 10.9 Å². The Balaban J connectivity index is 1.76. The van der Waals surface area contributed by atoms with E-state index in [1.54, 1.807) is 28.6 Å². The number of hydrogen-bond acceptors (Lipinski definition) is 3. The van der Waals surface area contributed by atoms with Crippen LogP contribution in [-0.2, 0) is 12.6 Å². The summed E-state index contributed by atoms with van der Waals surface area (Å²) in [6.07, 6.45) is 5.49. The van der Waals surface area contributed by atoms with Crippen molar-refractivity contribution in [2.24, 2.45) is 13.0 Å². The van der Waals surface area contributed by atoms with E-state index in [4.69, 9.17) is 11.6 Å². The van der Waals surface area contributed by atoms with Gasteiger partial charge in [-0.05, 0) is 55.4 Å². The first-order chi connectivity index (χ1) is 12.9. The van der Waals surface area contributed by atoms with Crippen LogP contribution in [0, 0.1) is 11.7 Å². The zero-order chi connectivity index (χ0) is 18.9. The van der Waals surface area contributed by atoms with Gasteiger partial charge in [0.1, 0.15) is 11.4 Å². The molecule has 140 valence electrons. The van der Waals surface area contributed by atoms with Gasteiger partial charge in [0, 0.05) is 24.7 Å². The highest BCUT2D eigenvalue weighted by Gasteiger charge is 2.49. The van der Waals surface area contributed by atoms with E-state index in [0.29, 0.717) is 22.2 Å². The zero-order valence-electron chi connectivity index (χ0n) is 14.8. The lowest BCUT2D eigenvalue weighted by Crippen LogP contribution is -2.33. The molecule has 2 heterocycles. The van der Waals surface area contributed by atoms with Gasteiger partial charge in [0.2, 0.25) is 0 Å². The molecule has 2 aliphatic rings. The van der Waals surface area contributed by atoms with Crippen LogP contribution in [0.2, 0.25) is 5.02 Å². The van der Waals surface area contributed by atoms with Crippen LogP contribution in [0.1, 0.15) is 43.0 Å². The Morgan fingerprint density at radius 2 is 2.00 bits per heavy atom. The minimum atomic E-state index is -1.38. The molecule has 1 aromatic carbocycles. The number of pyridine rings is 1. The molecule has 0 saturated heterocycles. The first-order valence-corrected chi connectivity index (χ1v) is 9.55. The third kappa shape index (κ3) is 2.47. The van der Waals surface area contributed by atoms with Crippen LogP contribution in [0.3, 0.4) is 0 Å². The molecule has 0 aliphatic heterocycles. The number of hydrogen-bond donors (Lipinski definition) is 1. The standard InChI is InChI=1S/C20H19ClFN3O2/c1-24-18(14-8-9-25(13-5-6-13)19(26)17(14)23-24)20(27,11-2-3-11)12-4-7-16(22)15(21)10-12/h4,7-11,13,27H,2-3,5-6H2,1H3/t20-/m1/s1. The van der Waals surface area contributed by atoms with Gasteiger partial charge in [0.05, 0.1) is 10.7 Å². The maximum Gasteiger partial charge on any atom is 0.279 e. The molecule has 0 amide bonds. The molecule has 0 bridgehead atoms. The molecule has 2 aromatic heterocycles. The fourth-order valence-corrected chi connectivity index (χ4v) is 4.27. The number of benzene rings is 1. The van der Waals surface area contributed by atoms with Crippen LogP contribution in [0.15, 0.2) is 35.3 Å².